The normalized spacial score (nSPS) is 14.7. The van der Waals surface area contributed by atoms with Gasteiger partial charge in [-0.25, -0.2) is 14.6 Å². The molecule has 1 aliphatic heterocycles. The van der Waals surface area contributed by atoms with Crippen LogP contribution >= 0.6 is 0 Å². The molecule has 0 spiro atoms. The summed E-state index contributed by atoms with van der Waals surface area (Å²) in [5.41, 5.74) is 1.27. The van der Waals surface area contributed by atoms with Gasteiger partial charge in [-0.15, -0.1) is 0 Å². The maximum absolute atomic E-state index is 12.0. The van der Waals surface area contributed by atoms with Gasteiger partial charge in [0.25, 0.3) is 5.69 Å². The van der Waals surface area contributed by atoms with E-state index in [0.29, 0.717) is 16.7 Å². The lowest BCUT2D eigenvalue weighted by atomic mass is 10.1. The molecule has 0 radical (unpaired) electrons. The minimum atomic E-state index is -0.663. The third kappa shape index (κ3) is 3.48. The topological polar surface area (TPSA) is 108 Å². The predicted molar refractivity (Wildman–Crippen MR) is 91.5 cm³/mol. The van der Waals surface area contributed by atoms with E-state index in [-0.39, 0.29) is 17.3 Å². The van der Waals surface area contributed by atoms with Crippen molar-refractivity contribution in [2.24, 2.45) is 4.99 Å². The molecule has 0 saturated heterocycles. The Morgan fingerprint density at radius 2 is 1.96 bits per heavy atom. The molecule has 0 aromatic heterocycles. The van der Waals surface area contributed by atoms with Crippen LogP contribution in [0.5, 0.6) is 0 Å². The number of carbonyl (C=O) groups is 2. The lowest BCUT2D eigenvalue weighted by Gasteiger charge is -1.99. The standard InChI is InChI=1S/C18H12N2O6/c1-25-17(21)12-7-5-11(6-8-12)9-15-18(22)26-16(19-15)13-3-2-4-14(10-13)20(23)24/h2-10H,1H3. The van der Waals surface area contributed by atoms with Crippen LogP contribution in [0, 0.1) is 10.1 Å². The Labute approximate surface area is 147 Å². The molecule has 2 aromatic rings. The molecule has 8 nitrogen and oxygen atoms in total. The van der Waals surface area contributed by atoms with Crippen LogP contribution in [0.1, 0.15) is 21.5 Å². The Balaban J connectivity index is 1.88. The first-order valence-electron chi connectivity index (χ1n) is 7.43. The highest BCUT2D eigenvalue weighted by Crippen LogP contribution is 2.21. The molecule has 130 valence electrons. The van der Waals surface area contributed by atoms with Crippen molar-refractivity contribution in [3.05, 3.63) is 81.0 Å². The number of nitrogens with zero attached hydrogens (tertiary/aromatic N) is 2. The van der Waals surface area contributed by atoms with Crippen LogP contribution in [0.15, 0.2) is 59.2 Å². The zero-order chi connectivity index (χ0) is 18.7. The minimum Gasteiger partial charge on any atom is -0.465 e. The van der Waals surface area contributed by atoms with Gasteiger partial charge in [0.2, 0.25) is 5.90 Å². The van der Waals surface area contributed by atoms with E-state index in [1.807, 2.05) is 0 Å². The fourth-order valence-corrected chi connectivity index (χ4v) is 2.28. The van der Waals surface area contributed by atoms with Gasteiger partial charge in [-0.3, -0.25) is 10.1 Å². The fraction of sp³-hybridized carbons (Fsp3) is 0.0556. The molecule has 1 aliphatic rings. The van der Waals surface area contributed by atoms with Crippen molar-refractivity contribution < 1.29 is 24.0 Å². The second kappa shape index (κ2) is 6.98. The molecule has 26 heavy (non-hydrogen) atoms. The van der Waals surface area contributed by atoms with E-state index in [4.69, 9.17) is 4.74 Å². The van der Waals surface area contributed by atoms with Gasteiger partial charge in [-0.1, -0.05) is 18.2 Å². The Morgan fingerprint density at radius 1 is 1.23 bits per heavy atom. The third-order valence-corrected chi connectivity index (χ3v) is 3.56. The molecule has 0 saturated carbocycles. The number of carbonyl (C=O) groups excluding carboxylic acids is 2. The molecule has 0 unspecified atom stereocenters. The summed E-state index contributed by atoms with van der Waals surface area (Å²) in [5.74, 6) is -1.13. The quantitative estimate of drug-likeness (QED) is 0.362. The molecule has 1 heterocycles. The third-order valence-electron chi connectivity index (χ3n) is 3.56. The van der Waals surface area contributed by atoms with Crippen LogP contribution in [-0.2, 0) is 14.3 Å². The van der Waals surface area contributed by atoms with Gasteiger partial charge >= 0.3 is 11.9 Å². The van der Waals surface area contributed by atoms with Crippen LogP contribution in [0.3, 0.4) is 0 Å². The second-order valence-corrected chi connectivity index (χ2v) is 5.26. The van der Waals surface area contributed by atoms with Gasteiger partial charge in [-0.05, 0) is 29.8 Å². The van der Waals surface area contributed by atoms with E-state index in [0.717, 1.165) is 0 Å². The largest absolute Gasteiger partial charge is 0.465 e. The number of hydrogen-bond donors (Lipinski definition) is 0. The van der Waals surface area contributed by atoms with E-state index >= 15 is 0 Å². The maximum atomic E-state index is 12.0. The van der Waals surface area contributed by atoms with E-state index in [2.05, 4.69) is 9.73 Å². The highest BCUT2D eigenvalue weighted by atomic mass is 16.6. The number of cyclic esters (lactones) is 1. The molecule has 8 heteroatoms. The zero-order valence-corrected chi connectivity index (χ0v) is 13.5. The van der Waals surface area contributed by atoms with Crippen molar-refractivity contribution in [2.75, 3.05) is 7.11 Å². The monoisotopic (exact) mass is 352 g/mol. The van der Waals surface area contributed by atoms with Crippen LogP contribution in [0.25, 0.3) is 6.08 Å². The number of hydrogen-bond acceptors (Lipinski definition) is 7. The summed E-state index contributed by atoms with van der Waals surface area (Å²) in [7, 11) is 1.29. The van der Waals surface area contributed by atoms with Gasteiger partial charge < -0.3 is 9.47 Å². The summed E-state index contributed by atoms with van der Waals surface area (Å²) in [5, 5.41) is 10.8. The molecule has 2 aromatic carbocycles. The smallest absolute Gasteiger partial charge is 0.363 e. The predicted octanol–water partition coefficient (Wildman–Crippen LogP) is 2.73. The molecule has 0 bridgehead atoms. The molecule has 3 rings (SSSR count). The number of nitro groups is 1. The number of nitro benzene ring substituents is 1. The SMILES string of the molecule is COC(=O)c1ccc(C=C2N=C(c3cccc([N+](=O)[O-])c3)OC2=O)cc1. The fourth-order valence-electron chi connectivity index (χ4n) is 2.28. The first kappa shape index (κ1) is 17.0. The Bertz CT molecular complexity index is 960. The molecular formula is C18H12N2O6. The van der Waals surface area contributed by atoms with Gasteiger partial charge in [0.05, 0.1) is 17.6 Å². The van der Waals surface area contributed by atoms with Crippen LogP contribution in [0.4, 0.5) is 5.69 Å². The molecule has 0 aliphatic carbocycles. The number of rotatable bonds is 4. The van der Waals surface area contributed by atoms with Gasteiger partial charge in [-0.2, -0.15) is 0 Å². The van der Waals surface area contributed by atoms with Crippen LogP contribution in [0.2, 0.25) is 0 Å². The van der Waals surface area contributed by atoms with Crippen molar-refractivity contribution in [2.45, 2.75) is 0 Å². The molecule has 0 amide bonds. The molecule has 0 atom stereocenters. The van der Waals surface area contributed by atoms with Gasteiger partial charge in [0, 0.05) is 17.7 Å². The Hall–Kier alpha value is -3.81. The van der Waals surface area contributed by atoms with Gasteiger partial charge in [0.1, 0.15) is 0 Å². The van der Waals surface area contributed by atoms with Crippen molar-refractivity contribution in [3.63, 3.8) is 0 Å². The van der Waals surface area contributed by atoms with Crippen LogP contribution in [-0.4, -0.2) is 29.9 Å². The Kier molecular flexibility index (Phi) is 4.57. The van der Waals surface area contributed by atoms with Crippen molar-refractivity contribution in [1.29, 1.82) is 0 Å². The van der Waals surface area contributed by atoms with Gasteiger partial charge in [0.15, 0.2) is 5.70 Å². The van der Waals surface area contributed by atoms with E-state index in [9.17, 15) is 19.7 Å². The van der Waals surface area contributed by atoms with Crippen LogP contribution < -0.4 is 0 Å². The summed E-state index contributed by atoms with van der Waals surface area (Å²) >= 11 is 0. The summed E-state index contributed by atoms with van der Waals surface area (Å²) in [6, 6.07) is 12.0. The molecule has 0 N–H and O–H groups in total. The highest BCUT2D eigenvalue weighted by Gasteiger charge is 2.25. The van der Waals surface area contributed by atoms with Crippen molar-refractivity contribution >= 4 is 29.6 Å². The first-order chi connectivity index (χ1) is 12.5. The zero-order valence-electron chi connectivity index (χ0n) is 13.5. The van der Waals surface area contributed by atoms with E-state index < -0.39 is 16.9 Å². The number of benzene rings is 2. The molecular weight excluding hydrogens is 340 g/mol. The minimum absolute atomic E-state index is 0.00358. The maximum Gasteiger partial charge on any atom is 0.363 e. The number of methoxy groups -OCH3 is 1. The first-order valence-corrected chi connectivity index (χ1v) is 7.43. The molecule has 0 fully saturated rings. The van der Waals surface area contributed by atoms with E-state index in [1.165, 1.54) is 31.4 Å². The number of esters is 2. The number of non-ortho nitro benzene ring substituents is 1. The summed E-state index contributed by atoms with van der Waals surface area (Å²) < 4.78 is 9.71. The number of aliphatic imine (C=N–C) groups is 1. The Morgan fingerprint density at radius 3 is 2.62 bits per heavy atom. The van der Waals surface area contributed by atoms with E-state index in [1.54, 1.807) is 30.3 Å². The highest BCUT2D eigenvalue weighted by molar-refractivity contribution is 6.13. The second-order valence-electron chi connectivity index (χ2n) is 5.26. The lowest BCUT2D eigenvalue weighted by Crippen LogP contribution is -2.05. The summed E-state index contributed by atoms with van der Waals surface area (Å²) in [6.07, 6.45) is 1.49. The summed E-state index contributed by atoms with van der Waals surface area (Å²) in [4.78, 5) is 37.8. The summed E-state index contributed by atoms with van der Waals surface area (Å²) in [6.45, 7) is 0. The van der Waals surface area contributed by atoms with Crippen molar-refractivity contribution in [3.8, 4) is 0 Å². The number of ether oxygens (including phenoxy) is 2. The average Bonchev–Trinajstić information content (AvgIpc) is 3.02. The average molecular weight is 352 g/mol. The lowest BCUT2D eigenvalue weighted by molar-refractivity contribution is -0.384. The van der Waals surface area contributed by atoms with Crippen molar-refractivity contribution in [1.82, 2.24) is 0 Å².